The number of hydrogen-bond donors (Lipinski definition) is 2. The van der Waals surface area contributed by atoms with Crippen LogP contribution in [0.15, 0.2) is 48.5 Å². The summed E-state index contributed by atoms with van der Waals surface area (Å²) in [4.78, 5) is 24.4. The zero-order valence-corrected chi connectivity index (χ0v) is 19.0. The molecule has 170 valence electrons. The van der Waals surface area contributed by atoms with Crippen molar-refractivity contribution in [3.63, 3.8) is 0 Å². The highest BCUT2D eigenvalue weighted by Crippen LogP contribution is 2.60. The molecule has 1 heterocycles. The van der Waals surface area contributed by atoms with Crippen molar-refractivity contribution in [3.8, 4) is 0 Å². The normalized spacial score (nSPS) is 37.9. The Bertz CT molecular complexity index is 868. The number of hydrogen-bond acceptors (Lipinski definition) is 6. The van der Waals surface area contributed by atoms with Crippen LogP contribution in [0, 0.1) is 23.7 Å². The molecule has 0 amide bonds. The second-order valence-corrected chi connectivity index (χ2v) is 10.4. The first-order chi connectivity index (χ1) is 15.6. The lowest BCUT2D eigenvalue weighted by Crippen LogP contribution is -2.60. The van der Waals surface area contributed by atoms with Gasteiger partial charge in [0.25, 0.3) is 0 Å². The average molecular weight is 477 g/mol. The molecular formula is C24H26Cl2N2O4. The Balaban J connectivity index is 1.26. The molecule has 2 aromatic carbocycles. The van der Waals surface area contributed by atoms with Gasteiger partial charge in [0.1, 0.15) is 0 Å². The molecule has 1 aliphatic heterocycles. The summed E-state index contributed by atoms with van der Waals surface area (Å²) in [6.45, 7) is 0. The van der Waals surface area contributed by atoms with Crippen LogP contribution in [0.3, 0.4) is 0 Å². The van der Waals surface area contributed by atoms with Gasteiger partial charge in [0.05, 0.1) is 0 Å². The van der Waals surface area contributed by atoms with Crippen LogP contribution in [-0.2, 0) is 19.6 Å². The van der Waals surface area contributed by atoms with Crippen LogP contribution < -0.4 is 10.6 Å². The van der Waals surface area contributed by atoms with E-state index >= 15 is 0 Å². The molecule has 1 saturated heterocycles. The first kappa shape index (κ1) is 21.0. The van der Waals surface area contributed by atoms with Gasteiger partial charge in [-0.2, -0.15) is 9.78 Å². The van der Waals surface area contributed by atoms with Crippen LogP contribution >= 0.6 is 23.2 Å². The minimum Gasteiger partial charge on any atom is -0.354 e. The van der Waals surface area contributed by atoms with E-state index in [1.165, 1.54) is 6.42 Å². The molecule has 0 radical (unpaired) electrons. The quantitative estimate of drug-likeness (QED) is 0.509. The minimum atomic E-state index is -0.857. The molecule has 7 rings (SSSR count). The summed E-state index contributed by atoms with van der Waals surface area (Å²) in [7, 11) is 0. The van der Waals surface area contributed by atoms with Gasteiger partial charge in [-0.1, -0.05) is 23.2 Å². The van der Waals surface area contributed by atoms with Crippen LogP contribution in [-0.4, -0.2) is 18.2 Å². The number of benzene rings is 2. The lowest BCUT2D eigenvalue weighted by Gasteiger charge is -2.57. The van der Waals surface area contributed by atoms with Gasteiger partial charge in [-0.05, 0) is 92.5 Å². The maximum atomic E-state index is 6.17. The fraction of sp³-hybridized carbons (Fsp3) is 0.500. The third-order valence-corrected chi connectivity index (χ3v) is 7.93. The monoisotopic (exact) mass is 476 g/mol. The zero-order chi connectivity index (χ0) is 21.7. The Labute approximate surface area is 197 Å². The van der Waals surface area contributed by atoms with E-state index in [0.29, 0.717) is 10.0 Å². The number of anilines is 2. The molecule has 5 fully saturated rings. The zero-order valence-electron chi connectivity index (χ0n) is 17.5. The van der Waals surface area contributed by atoms with Crippen molar-refractivity contribution < 1.29 is 19.6 Å². The number of nitrogens with one attached hydrogen (secondary N) is 2. The molecule has 4 aliphatic carbocycles. The SMILES string of the molecule is Clc1ccc(NC2OOC3(OOC2Nc2ccc(Cl)cc2)C2CC4CC(C2)CC3C4)cc1. The van der Waals surface area contributed by atoms with E-state index in [0.717, 1.165) is 48.9 Å². The molecule has 32 heavy (non-hydrogen) atoms. The third-order valence-electron chi connectivity index (χ3n) is 7.42. The van der Waals surface area contributed by atoms with E-state index in [2.05, 4.69) is 10.6 Å². The summed E-state index contributed by atoms with van der Waals surface area (Å²) in [5.41, 5.74) is 1.66. The molecular weight excluding hydrogens is 451 g/mol. The molecule has 1 spiro atoms. The first-order valence-electron chi connectivity index (χ1n) is 11.3. The standard InChI is InChI=1S/C24H26Cl2N2O4/c25-18-1-5-20(6-2-18)27-22-23(28-21-7-3-19(26)4-8-21)30-32-24(31-29-22)16-10-14-9-15(12-16)13-17(24)11-14/h1-8,14-17,22-23,27-28H,9-13H2. The Morgan fingerprint density at radius 3 is 1.44 bits per heavy atom. The Morgan fingerprint density at radius 2 is 1.03 bits per heavy atom. The molecule has 2 N–H and O–H groups in total. The van der Waals surface area contributed by atoms with E-state index in [1.54, 1.807) is 0 Å². The number of halogens is 2. The molecule has 6 nitrogen and oxygen atoms in total. The lowest BCUT2D eigenvalue weighted by molar-refractivity contribution is -0.527. The largest absolute Gasteiger partial charge is 0.354 e. The Morgan fingerprint density at radius 1 is 0.625 bits per heavy atom. The van der Waals surface area contributed by atoms with Crippen molar-refractivity contribution in [1.29, 1.82) is 0 Å². The summed E-state index contributed by atoms with van der Waals surface area (Å²) in [5, 5.41) is 8.00. The van der Waals surface area contributed by atoms with Gasteiger partial charge in [-0.3, -0.25) is 0 Å². The highest BCUT2D eigenvalue weighted by atomic mass is 35.5. The van der Waals surface area contributed by atoms with E-state index in [9.17, 15) is 0 Å². The molecule has 2 atom stereocenters. The predicted molar refractivity (Wildman–Crippen MR) is 122 cm³/mol. The maximum absolute atomic E-state index is 6.17. The fourth-order valence-corrected chi connectivity index (χ4v) is 6.35. The van der Waals surface area contributed by atoms with Crippen molar-refractivity contribution in [3.05, 3.63) is 58.6 Å². The average Bonchev–Trinajstić information content (AvgIpc) is 2.96. The van der Waals surface area contributed by atoms with E-state index in [-0.39, 0.29) is 11.8 Å². The molecule has 5 aliphatic rings. The molecule has 4 bridgehead atoms. The topological polar surface area (TPSA) is 61.0 Å². The van der Waals surface area contributed by atoms with Crippen LogP contribution in [0.25, 0.3) is 0 Å². The van der Waals surface area contributed by atoms with Crippen molar-refractivity contribution in [1.82, 2.24) is 0 Å². The molecule has 0 aromatic heterocycles. The predicted octanol–water partition coefficient (Wildman–Crippen LogP) is 6.23. The second kappa shape index (κ2) is 8.35. The van der Waals surface area contributed by atoms with Crippen LogP contribution in [0.5, 0.6) is 0 Å². The lowest BCUT2D eigenvalue weighted by atomic mass is 9.53. The molecule has 2 unspecified atom stereocenters. The van der Waals surface area contributed by atoms with Gasteiger partial charge in [0, 0.05) is 33.3 Å². The smallest absolute Gasteiger partial charge is 0.239 e. The van der Waals surface area contributed by atoms with Gasteiger partial charge in [0.15, 0.2) is 0 Å². The fourth-order valence-electron chi connectivity index (χ4n) is 6.10. The highest BCUT2D eigenvalue weighted by molar-refractivity contribution is 6.30. The van der Waals surface area contributed by atoms with Gasteiger partial charge in [-0.15, -0.1) is 0 Å². The summed E-state index contributed by atoms with van der Waals surface area (Å²) in [6, 6.07) is 14.8. The molecule has 4 saturated carbocycles. The Kier molecular flexibility index (Phi) is 5.49. The van der Waals surface area contributed by atoms with Crippen LogP contribution in [0.2, 0.25) is 10.0 Å². The van der Waals surface area contributed by atoms with Crippen LogP contribution in [0.1, 0.15) is 32.1 Å². The van der Waals surface area contributed by atoms with E-state index in [1.807, 2.05) is 48.5 Å². The van der Waals surface area contributed by atoms with Gasteiger partial charge >= 0.3 is 0 Å². The third kappa shape index (κ3) is 3.87. The minimum absolute atomic E-state index is 0.282. The maximum Gasteiger partial charge on any atom is 0.239 e. The summed E-state index contributed by atoms with van der Waals surface area (Å²) >= 11 is 12.1. The van der Waals surface area contributed by atoms with Gasteiger partial charge in [-0.25, -0.2) is 9.78 Å². The first-order valence-corrected chi connectivity index (χ1v) is 12.1. The van der Waals surface area contributed by atoms with Gasteiger partial charge < -0.3 is 10.6 Å². The molecule has 2 aromatic rings. The van der Waals surface area contributed by atoms with Crippen molar-refractivity contribution in [2.45, 2.75) is 50.3 Å². The van der Waals surface area contributed by atoms with E-state index < -0.39 is 18.2 Å². The highest BCUT2D eigenvalue weighted by Gasteiger charge is 2.62. The van der Waals surface area contributed by atoms with Crippen molar-refractivity contribution in [2.24, 2.45) is 23.7 Å². The second-order valence-electron chi connectivity index (χ2n) is 9.53. The molecule has 8 heteroatoms. The summed E-state index contributed by atoms with van der Waals surface area (Å²) in [6.07, 6.45) is 4.42. The van der Waals surface area contributed by atoms with E-state index in [4.69, 9.17) is 42.8 Å². The van der Waals surface area contributed by atoms with Crippen molar-refractivity contribution >= 4 is 34.6 Å². The Hall–Kier alpha value is -1.54. The summed E-state index contributed by atoms with van der Waals surface area (Å²) in [5.74, 6) is 1.24. The van der Waals surface area contributed by atoms with Crippen LogP contribution in [0.4, 0.5) is 11.4 Å². The van der Waals surface area contributed by atoms with Crippen molar-refractivity contribution in [2.75, 3.05) is 10.6 Å². The number of rotatable bonds is 4. The van der Waals surface area contributed by atoms with Gasteiger partial charge in [0.2, 0.25) is 18.2 Å². The summed E-state index contributed by atoms with van der Waals surface area (Å²) < 4.78 is 0.